The largest absolute Gasteiger partial charge is 0.370 e. The molecule has 0 saturated heterocycles. The highest BCUT2D eigenvalue weighted by molar-refractivity contribution is 5.75. The second-order valence-electron chi connectivity index (χ2n) is 3.71. The van der Waals surface area contributed by atoms with Crippen LogP contribution in [0, 0.1) is 0 Å². The summed E-state index contributed by atoms with van der Waals surface area (Å²) in [6, 6.07) is 0. The summed E-state index contributed by atoms with van der Waals surface area (Å²) in [7, 11) is 3.51. The number of rotatable bonds is 8. The van der Waals surface area contributed by atoms with E-state index in [1.165, 1.54) is 0 Å². The predicted molar refractivity (Wildman–Crippen MR) is 59.2 cm³/mol. The SMILES string of the molecule is CN(C)C(=O)CCCNCCCC(N)=O. The zero-order valence-corrected chi connectivity index (χ0v) is 9.58. The Morgan fingerprint density at radius 2 is 1.67 bits per heavy atom. The molecule has 5 heteroatoms. The summed E-state index contributed by atoms with van der Waals surface area (Å²) in [4.78, 5) is 23.1. The number of amides is 2. The lowest BCUT2D eigenvalue weighted by Gasteiger charge is -2.09. The second kappa shape index (κ2) is 8.23. The van der Waals surface area contributed by atoms with Gasteiger partial charge in [0, 0.05) is 26.9 Å². The number of primary amides is 1. The van der Waals surface area contributed by atoms with E-state index in [-0.39, 0.29) is 11.8 Å². The van der Waals surface area contributed by atoms with Crippen molar-refractivity contribution in [2.45, 2.75) is 25.7 Å². The van der Waals surface area contributed by atoms with Crippen molar-refractivity contribution in [2.24, 2.45) is 5.73 Å². The number of nitrogens with one attached hydrogen (secondary N) is 1. The third kappa shape index (κ3) is 9.21. The molecule has 0 spiro atoms. The summed E-state index contributed by atoms with van der Waals surface area (Å²) in [6.07, 6.45) is 2.57. The van der Waals surface area contributed by atoms with Crippen LogP contribution in [0.2, 0.25) is 0 Å². The van der Waals surface area contributed by atoms with Crippen LogP contribution in [0.1, 0.15) is 25.7 Å². The summed E-state index contributed by atoms with van der Waals surface area (Å²) >= 11 is 0. The maximum atomic E-state index is 11.2. The van der Waals surface area contributed by atoms with Gasteiger partial charge < -0.3 is 16.0 Å². The molecule has 0 fully saturated rings. The van der Waals surface area contributed by atoms with Gasteiger partial charge in [-0.15, -0.1) is 0 Å². The van der Waals surface area contributed by atoms with Gasteiger partial charge in [-0.2, -0.15) is 0 Å². The molecule has 88 valence electrons. The van der Waals surface area contributed by atoms with Crippen molar-refractivity contribution in [1.82, 2.24) is 10.2 Å². The first-order valence-corrected chi connectivity index (χ1v) is 5.23. The van der Waals surface area contributed by atoms with Gasteiger partial charge in [0.2, 0.25) is 11.8 Å². The molecular weight excluding hydrogens is 194 g/mol. The van der Waals surface area contributed by atoms with Crippen LogP contribution in [0.15, 0.2) is 0 Å². The summed E-state index contributed by atoms with van der Waals surface area (Å²) in [6.45, 7) is 1.58. The van der Waals surface area contributed by atoms with Gasteiger partial charge in [0.15, 0.2) is 0 Å². The van der Waals surface area contributed by atoms with E-state index in [1.54, 1.807) is 19.0 Å². The van der Waals surface area contributed by atoms with Crippen LogP contribution in [-0.4, -0.2) is 43.9 Å². The molecule has 0 saturated carbocycles. The van der Waals surface area contributed by atoms with Crippen LogP contribution in [-0.2, 0) is 9.59 Å². The van der Waals surface area contributed by atoms with E-state index in [0.29, 0.717) is 12.8 Å². The highest BCUT2D eigenvalue weighted by atomic mass is 16.2. The van der Waals surface area contributed by atoms with E-state index < -0.39 is 0 Å². The van der Waals surface area contributed by atoms with Gasteiger partial charge >= 0.3 is 0 Å². The zero-order chi connectivity index (χ0) is 11.7. The monoisotopic (exact) mass is 215 g/mol. The molecule has 0 atom stereocenters. The van der Waals surface area contributed by atoms with Crippen LogP contribution in [0.5, 0.6) is 0 Å². The Morgan fingerprint density at radius 1 is 1.13 bits per heavy atom. The van der Waals surface area contributed by atoms with Crippen molar-refractivity contribution in [3.63, 3.8) is 0 Å². The number of nitrogens with two attached hydrogens (primary N) is 1. The quantitative estimate of drug-likeness (QED) is 0.546. The van der Waals surface area contributed by atoms with Crippen molar-refractivity contribution in [3.8, 4) is 0 Å². The van der Waals surface area contributed by atoms with Crippen LogP contribution in [0.4, 0.5) is 0 Å². The molecule has 0 aromatic rings. The molecule has 0 aromatic heterocycles. The first kappa shape index (κ1) is 13.9. The molecular formula is C10H21N3O2. The van der Waals surface area contributed by atoms with E-state index in [9.17, 15) is 9.59 Å². The van der Waals surface area contributed by atoms with Gasteiger partial charge in [0.05, 0.1) is 0 Å². The highest BCUT2D eigenvalue weighted by Crippen LogP contribution is 1.92. The molecule has 0 aromatic carbocycles. The normalized spacial score (nSPS) is 10.0. The Balaban J connectivity index is 3.18. The first-order valence-electron chi connectivity index (χ1n) is 5.23. The lowest BCUT2D eigenvalue weighted by atomic mass is 10.2. The second-order valence-corrected chi connectivity index (χ2v) is 3.71. The van der Waals surface area contributed by atoms with E-state index in [0.717, 1.165) is 25.9 Å². The van der Waals surface area contributed by atoms with E-state index in [4.69, 9.17) is 5.73 Å². The number of carbonyl (C=O) groups excluding carboxylic acids is 2. The minimum atomic E-state index is -0.264. The molecule has 5 nitrogen and oxygen atoms in total. The van der Waals surface area contributed by atoms with Crippen LogP contribution in [0.25, 0.3) is 0 Å². The van der Waals surface area contributed by atoms with Crippen molar-refractivity contribution >= 4 is 11.8 Å². The number of nitrogens with zero attached hydrogens (tertiary/aromatic N) is 1. The molecule has 3 N–H and O–H groups in total. The predicted octanol–water partition coefficient (Wildman–Crippen LogP) is -0.290. The number of hydrogen-bond donors (Lipinski definition) is 2. The van der Waals surface area contributed by atoms with Gasteiger partial charge in [0.1, 0.15) is 0 Å². The standard InChI is InChI=1S/C10H21N3O2/c1-13(2)10(15)6-4-8-12-7-3-5-9(11)14/h12H,3-8H2,1-2H3,(H2,11,14). The lowest BCUT2D eigenvalue weighted by Crippen LogP contribution is -2.24. The molecule has 0 aliphatic heterocycles. The molecule has 0 aliphatic carbocycles. The van der Waals surface area contributed by atoms with Crippen molar-refractivity contribution in [2.75, 3.05) is 27.2 Å². The van der Waals surface area contributed by atoms with Gasteiger partial charge in [-0.25, -0.2) is 0 Å². The fourth-order valence-corrected chi connectivity index (χ4v) is 1.10. The Bertz CT molecular complexity index is 205. The maximum Gasteiger partial charge on any atom is 0.222 e. The van der Waals surface area contributed by atoms with Crippen LogP contribution < -0.4 is 11.1 Å². The third-order valence-electron chi connectivity index (χ3n) is 2.02. The average Bonchev–Trinajstić information content (AvgIpc) is 2.15. The summed E-state index contributed by atoms with van der Waals surface area (Å²) in [5, 5.41) is 3.16. The Hall–Kier alpha value is -1.10. The van der Waals surface area contributed by atoms with E-state index in [2.05, 4.69) is 5.32 Å². The smallest absolute Gasteiger partial charge is 0.222 e. The Morgan fingerprint density at radius 3 is 2.13 bits per heavy atom. The van der Waals surface area contributed by atoms with Gasteiger partial charge in [-0.1, -0.05) is 0 Å². The fourth-order valence-electron chi connectivity index (χ4n) is 1.10. The number of carbonyl (C=O) groups is 2. The molecule has 0 rings (SSSR count). The first-order chi connectivity index (χ1) is 7.04. The summed E-state index contributed by atoms with van der Waals surface area (Å²) in [5.41, 5.74) is 4.99. The van der Waals surface area contributed by atoms with E-state index in [1.807, 2.05) is 0 Å². The molecule has 0 radical (unpaired) electrons. The Labute approximate surface area is 91.0 Å². The van der Waals surface area contributed by atoms with Crippen LogP contribution >= 0.6 is 0 Å². The van der Waals surface area contributed by atoms with E-state index >= 15 is 0 Å². The summed E-state index contributed by atoms with van der Waals surface area (Å²) in [5.74, 6) is -0.117. The van der Waals surface area contributed by atoms with Crippen molar-refractivity contribution < 1.29 is 9.59 Å². The molecule has 0 aliphatic rings. The molecule has 0 heterocycles. The number of hydrogen-bond acceptors (Lipinski definition) is 3. The van der Waals surface area contributed by atoms with Crippen molar-refractivity contribution in [3.05, 3.63) is 0 Å². The maximum absolute atomic E-state index is 11.2. The van der Waals surface area contributed by atoms with Crippen LogP contribution in [0.3, 0.4) is 0 Å². The van der Waals surface area contributed by atoms with Gasteiger partial charge in [-0.05, 0) is 25.9 Å². The minimum absolute atomic E-state index is 0.147. The van der Waals surface area contributed by atoms with Crippen molar-refractivity contribution in [1.29, 1.82) is 0 Å². The summed E-state index contributed by atoms with van der Waals surface area (Å²) < 4.78 is 0. The molecule has 0 unspecified atom stereocenters. The molecule has 2 amide bonds. The molecule has 0 bridgehead atoms. The Kier molecular flexibility index (Phi) is 7.62. The van der Waals surface area contributed by atoms with Gasteiger partial charge in [0.25, 0.3) is 0 Å². The lowest BCUT2D eigenvalue weighted by molar-refractivity contribution is -0.128. The molecule has 15 heavy (non-hydrogen) atoms. The zero-order valence-electron chi connectivity index (χ0n) is 9.58. The fraction of sp³-hybridized carbons (Fsp3) is 0.800. The van der Waals surface area contributed by atoms with Gasteiger partial charge in [-0.3, -0.25) is 9.59 Å². The highest BCUT2D eigenvalue weighted by Gasteiger charge is 2.02. The average molecular weight is 215 g/mol. The minimum Gasteiger partial charge on any atom is -0.370 e. The third-order valence-corrected chi connectivity index (χ3v) is 2.02. The topological polar surface area (TPSA) is 75.4 Å².